The van der Waals surface area contributed by atoms with E-state index in [0.717, 1.165) is 12.2 Å². The average molecular weight is 443 g/mol. The predicted molar refractivity (Wildman–Crippen MR) is 121 cm³/mol. The molecule has 0 saturated carbocycles. The average Bonchev–Trinajstić information content (AvgIpc) is 3.24. The van der Waals surface area contributed by atoms with Crippen molar-refractivity contribution in [1.29, 1.82) is 0 Å². The maximum absolute atomic E-state index is 12.9. The van der Waals surface area contributed by atoms with Crippen LogP contribution in [0.1, 0.15) is 33.6 Å². The van der Waals surface area contributed by atoms with Crippen LogP contribution < -0.4 is 19.5 Å². The molecule has 1 N–H and O–H groups in total. The van der Waals surface area contributed by atoms with Gasteiger partial charge in [0.05, 0.1) is 14.2 Å². The fraction of sp³-hybridized carbons (Fsp3) is 0.417. The second-order valence-electron chi connectivity index (χ2n) is 8.46. The largest absolute Gasteiger partial charge is 0.497 e. The molecule has 0 spiro atoms. The molecule has 0 aliphatic carbocycles. The molecule has 1 fully saturated rings. The molecule has 1 saturated heterocycles. The second kappa shape index (κ2) is 9.80. The van der Waals surface area contributed by atoms with E-state index in [1.165, 1.54) is 4.90 Å². The van der Waals surface area contributed by atoms with Crippen LogP contribution in [0.4, 0.5) is 10.5 Å². The summed E-state index contributed by atoms with van der Waals surface area (Å²) < 4.78 is 21.9. The summed E-state index contributed by atoms with van der Waals surface area (Å²) in [5, 5.41) is 2.88. The SMILES string of the molecule is COc1ccc(Oc2cc(NC(=O)[C@@H]3CCCN3C(=O)OC(C)(C)C)ccc2OC)cc1. The number of methoxy groups -OCH3 is 2. The van der Waals surface area contributed by atoms with E-state index in [1.807, 2.05) is 0 Å². The van der Waals surface area contributed by atoms with Crippen molar-refractivity contribution in [3.8, 4) is 23.0 Å². The first-order valence-corrected chi connectivity index (χ1v) is 10.5. The molecule has 8 nitrogen and oxygen atoms in total. The number of rotatable bonds is 6. The summed E-state index contributed by atoms with van der Waals surface area (Å²) in [6, 6.07) is 11.7. The Morgan fingerprint density at radius 1 is 0.969 bits per heavy atom. The molecule has 2 amide bonds. The van der Waals surface area contributed by atoms with Crippen LogP contribution in [0, 0.1) is 0 Å². The molecule has 0 unspecified atom stereocenters. The molecular formula is C24H30N2O6. The van der Waals surface area contributed by atoms with Gasteiger partial charge in [0.15, 0.2) is 11.5 Å². The Balaban J connectivity index is 1.73. The number of nitrogens with one attached hydrogen (secondary N) is 1. The summed E-state index contributed by atoms with van der Waals surface area (Å²) >= 11 is 0. The lowest BCUT2D eigenvalue weighted by atomic mass is 10.2. The van der Waals surface area contributed by atoms with Crippen molar-refractivity contribution in [3.63, 3.8) is 0 Å². The Morgan fingerprint density at radius 2 is 1.66 bits per heavy atom. The smallest absolute Gasteiger partial charge is 0.410 e. The highest BCUT2D eigenvalue weighted by atomic mass is 16.6. The lowest BCUT2D eigenvalue weighted by Crippen LogP contribution is -2.45. The van der Waals surface area contributed by atoms with Crippen molar-refractivity contribution >= 4 is 17.7 Å². The Hall–Kier alpha value is -3.42. The molecule has 8 heteroatoms. The Labute approximate surface area is 188 Å². The highest BCUT2D eigenvalue weighted by molar-refractivity contribution is 5.97. The van der Waals surface area contributed by atoms with Gasteiger partial charge in [-0.1, -0.05) is 0 Å². The molecule has 1 heterocycles. The number of benzene rings is 2. The summed E-state index contributed by atoms with van der Waals surface area (Å²) in [7, 11) is 3.14. The van der Waals surface area contributed by atoms with Crippen molar-refractivity contribution in [1.82, 2.24) is 4.90 Å². The van der Waals surface area contributed by atoms with Crippen LogP contribution >= 0.6 is 0 Å². The van der Waals surface area contributed by atoms with E-state index in [0.29, 0.717) is 35.9 Å². The van der Waals surface area contributed by atoms with Gasteiger partial charge in [0, 0.05) is 18.3 Å². The van der Waals surface area contributed by atoms with Crippen molar-refractivity contribution in [2.24, 2.45) is 0 Å². The van der Waals surface area contributed by atoms with E-state index in [1.54, 1.807) is 77.5 Å². The van der Waals surface area contributed by atoms with Crippen LogP contribution in [-0.4, -0.2) is 49.3 Å². The third-order valence-corrected chi connectivity index (χ3v) is 4.90. The zero-order chi connectivity index (χ0) is 23.3. The first-order valence-electron chi connectivity index (χ1n) is 10.5. The zero-order valence-corrected chi connectivity index (χ0v) is 19.1. The van der Waals surface area contributed by atoms with Crippen molar-refractivity contribution in [2.45, 2.75) is 45.3 Å². The van der Waals surface area contributed by atoms with Gasteiger partial charge >= 0.3 is 6.09 Å². The van der Waals surface area contributed by atoms with Crippen molar-refractivity contribution in [2.75, 3.05) is 26.1 Å². The van der Waals surface area contributed by atoms with Crippen LogP contribution in [0.3, 0.4) is 0 Å². The van der Waals surface area contributed by atoms with Gasteiger partial charge in [0.1, 0.15) is 23.1 Å². The third kappa shape index (κ3) is 5.84. The van der Waals surface area contributed by atoms with E-state index in [9.17, 15) is 9.59 Å². The van der Waals surface area contributed by atoms with Crippen LogP contribution in [-0.2, 0) is 9.53 Å². The van der Waals surface area contributed by atoms with Crippen LogP contribution in [0.2, 0.25) is 0 Å². The quantitative estimate of drug-likeness (QED) is 0.689. The van der Waals surface area contributed by atoms with Crippen molar-refractivity contribution in [3.05, 3.63) is 42.5 Å². The van der Waals surface area contributed by atoms with E-state index < -0.39 is 17.7 Å². The minimum Gasteiger partial charge on any atom is -0.497 e. The Bertz CT molecular complexity index is 952. The molecule has 0 radical (unpaired) electrons. The Kier molecular flexibility index (Phi) is 7.12. The van der Waals surface area contributed by atoms with Crippen LogP contribution in [0.15, 0.2) is 42.5 Å². The molecule has 172 valence electrons. The predicted octanol–water partition coefficient (Wildman–Crippen LogP) is 4.83. The highest BCUT2D eigenvalue weighted by Crippen LogP contribution is 2.35. The summed E-state index contributed by atoms with van der Waals surface area (Å²) in [4.78, 5) is 26.9. The van der Waals surface area contributed by atoms with Gasteiger partial charge in [-0.3, -0.25) is 9.69 Å². The Morgan fingerprint density at radius 3 is 2.28 bits per heavy atom. The van der Waals surface area contributed by atoms with Gasteiger partial charge in [-0.25, -0.2) is 4.79 Å². The number of likely N-dealkylation sites (tertiary alicyclic amines) is 1. The van der Waals surface area contributed by atoms with Gasteiger partial charge in [-0.15, -0.1) is 0 Å². The van der Waals surface area contributed by atoms with E-state index >= 15 is 0 Å². The lowest BCUT2D eigenvalue weighted by molar-refractivity contribution is -0.120. The van der Waals surface area contributed by atoms with Gasteiger partial charge in [-0.2, -0.15) is 0 Å². The normalized spacial score (nSPS) is 15.8. The molecule has 1 aliphatic rings. The number of nitrogens with zero attached hydrogens (tertiary/aromatic N) is 1. The van der Waals surface area contributed by atoms with Crippen LogP contribution in [0.5, 0.6) is 23.0 Å². The maximum Gasteiger partial charge on any atom is 0.410 e. The monoisotopic (exact) mass is 442 g/mol. The summed E-state index contributed by atoms with van der Waals surface area (Å²) in [5.41, 5.74) is -0.0833. The van der Waals surface area contributed by atoms with E-state index in [-0.39, 0.29) is 5.91 Å². The fourth-order valence-electron chi connectivity index (χ4n) is 3.41. The minimum atomic E-state index is -0.621. The summed E-state index contributed by atoms with van der Waals surface area (Å²) in [5.74, 6) is 2.02. The van der Waals surface area contributed by atoms with Crippen molar-refractivity contribution < 1.29 is 28.5 Å². The summed E-state index contributed by atoms with van der Waals surface area (Å²) in [6.45, 7) is 5.90. The highest BCUT2D eigenvalue weighted by Gasteiger charge is 2.36. The molecule has 3 rings (SSSR count). The first-order chi connectivity index (χ1) is 15.2. The van der Waals surface area contributed by atoms with Gasteiger partial charge in [-0.05, 0) is 70.0 Å². The maximum atomic E-state index is 12.9. The molecule has 0 aromatic heterocycles. The molecule has 0 bridgehead atoms. The lowest BCUT2D eigenvalue weighted by Gasteiger charge is -2.28. The number of ether oxygens (including phenoxy) is 4. The second-order valence-corrected chi connectivity index (χ2v) is 8.46. The van der Waals surface area contributed by atoms with E-state index in [2.05, 4.69) is 5.32 Å². The van der Waals surface area contributed by atoms with Gasteiger partial charge < -0.3 is 24.3 Å². The zero-order valence-electron chi connectivity index (χ0n) is 19.1. The summed E-state index contributed by atoms with van der Waals surface area (Å²) in [6.07, 6.45) is 0.843. The third-order valence-electron chi connectivity index (χ3n) is 4.90. The topological polar surface area (TPSA) is 86.3 Å². The van der Waals surface area contributed by atoms with Gasteiger partial charge in [0.2, 0.25) is 5.91 Å². The molecular weight excluding hydrogens is 412 g/mol. The molecule has 2 aromatic rings. The standard InChI is InChI=1S/C24H30N2O6/c1-24(2,3)32-23(28)26-14-6-7-19(26)22(27)25-16-8-13-20(30-5)21(15-16)31-18-11-9-17(29-4)10-12-18/h8-13,15,19H,6-7,14H2,1-5H3,(H,25,27)/t19-/m0/s1. The number of anilines is 1. The fourth-order valence-corrected chi connectivity index (χ4v) is 3.41. The van der Waals surface area contributed by atoms with Crippen LogP contribution in [0.25, 0.3) is 0 Å². The number of carbonyl (C=O) groups excluding carboxylic acids is 2. The number of hydrogen-bond acceptors (Lipinski definition) is 6. The number of hydrogen-bond donors (Lipinski definition) is 1. The molecule has 1 aliphatic heterocycles. The molecule has 1 atom stereocenters. The van der Waals surface area contributed by atoms with Gasteiger partial charge in [0.25, 0.3) is 0 Å². The molecule has 2 aromatic carbocycles. The minimum absolute atomic E-state index is 0.270. The molecule has 32 heavy (non-hydrogen) atoms. The first kappa shape index (κ1) is 23.2. The number of carbonyl (C=O) groups is 2. The number of amides is 2. The van der Waals surface area contributed by atoms with E-state index in [4.69, 9.17) is 18.9 Å².